The Balaban J connectivity index is 1.27. The molecule has 15 heteroatoms. The van der Waals surface area contributed by atoms with E-state index in [1.807, 2.05) is 36.9 Å². The number of hydrogen-bond acceptors (Lipinski definition) is 10. The molecule has 0 aromatic carbocycles. The third kappa shape index (κ3) is 7.83. The lowest BCUT2D eigenvalue weighted by atomic mass is 9.89. The zero-order chi connectivity index (χ0) is 32.7. The second-order valence-corrected chi connectivity index (χ2v) is 11.4. The van der Waals surface area contributed by atoms with E-state index in [1.54, 1.807) is 26.3 Å². The molecule has 4 N–H and O–H groups in total. The van der Waals surface area contributed by atoms with Crippen LogP contribution >= 0.6 is 0 Å². The van der Waals surface area contributed by atoms with Gasteiger partial charge < -0.3 is 25.6 Å². The van der Waals surface area contributed by atoms with Crippen LogP contribution in [0.4, 0.5) is 22.0 Å². The lowest BCUT2D eigenvalue weighted by Gasteiger charge is -2.40. The average Bonchev–Trinajstić information content (AvgIpc) is 3.69. The van der Waals surface area contributed by atoms with Crippen molar-refractivity contribution in [3.05, 3.63) is 65.6 Å². The first-order valence-electron chi connectivity index (χ1n) is 15.4. The highest BCUT2D eigenvalue weighted by molar-refractivity contribution is 5.86. The van der Waals surface area contributed by atoms with Gasteiger partial charge in [0.2, 0.25) is 11.9 Å². The van der Waals surface area contributed by atoms with Crippen LogP contribution in [0, 0.1) is 19.7 Å². The number of anilines is 3. The molecule has 5 heterocycles. The number of ether oxygens (including phenoxy) is 1. The summed E-state index contributed by atoms with van der Waals surface area (Å²) < 4.78 is 20.7. The number of aryl methyl sites for hydroxylation is 2. The predicted molar refractivity (Wildman–Crippen MR) is 169 cm³/mol. The number of rotatable bonds is 13. The van der Waals surface area contributed by atoms with E-state index in [0.717, 1.165) is 23.1 Å². The first kappa shape index (κ1) is 32.5. The Morgan fingerprint density at radius 1 is 1.13 bits per heavy atom. The molecule has 0 saturated carbocycles. The third-order valence-corrected chi connectivity index (χ3v) is 8.04. The van der Waals surface area contributed by atoms with Crippen molar-refractivity contribution in [2.45, 2.75) is 64.5 Å². The zero-order valence-electron chi connectivity index (χ0n) is 26.5. The minimum absolute atomic E-state index is 0.0279. The summed E-state index contributed by atoms with van der Waals surface area (Å²) in [5, 5.41) is 20.4. The van der Waals surface area contributed by atoms with Gasteiger partial charge in [-0.25, -0.2) is 19.0 Å². The number of aromatic amines is 1. The number of H-pyrrole nitrogens is 1. The van der Waals surface area contributed by atoms with Gasteiger partial charge in [0.25, 0.3) is 5.91 Å². The number of pyridine rings is 1. The van der Waals surface area contributed by atoms with Crippen molar-refractivity contribution in [2.24, 2.45) is 0 Å². The zero-order valence-corrected chi connectivity index (χ0v) is 26.5. The molecule has 0 spiro atoms. The van der Waals surface area contributed by atoms with Crippen LogP contribution in [0.25, 0.3) is 5.82 Å². The summed E-state index contributed by atoms with van der Waals surface area (Å²) >= 11 is 0. The highest BCUT2D eigenvalue weighted by Crippen LogP contribution is 2.30. The molecule has 1 fully saturated rings. The number of amides is 2. The number of carbonyl (C=O) groups is 2. The first-order chi connectivity index (χ1) is 22.2. The molecule has 5 rings (SSSR count). The summed E-state index contributed by atoms with van der Waals surface area (Å²) in [6.07, 6.45) is 6.45. The fraction of sp³-hybridized carbons (Fsp3) is 0.452. The molecular formula is C31H40FN11O3. The van der Waals surface area contributed by atoms with Crippen LogP contribution in [0.1, 0.15) is 62.0 Å². The minimum atomic E-state index is -1.05. The molecule has 1 aliphatic rings. The first-order valence-corrected chi connectivity index (χ1v) is 15.4. The number of methoxy groups -OCH3 is 1. The van der Waals surface area contributed by atoms with Crippen LogP contribution in [-0.4, -0.2) is 79.1 Å². The number of carbonyl (C=O) groups excluding carboxylic acids is 2. The number of piperidine rings is 1. The summed E-state index contributed by atoms with van der Waals surface area (Å²) in [6.45, 7) is 7.14. The van der Waals surface area contributed by atoms with Crippen LogP contribution in [0.15, 0.2) is 42.9 Å². The maximum absolute atomic E-state index is 13.9. The molecule has 14 nitrogen and oxygen atoms in total. The van der Waals surface area contributed by atoms with Gasteiger partial charge in [0.1, 0.15) is 11.4 Å². The molecule has 0 bridgehead atoms. The molecule has 0 radical (unpaired) electrons. The molecule has 1 saturated heterocycles. The quantitative estimate of drug-likeness (QED) is 0.160. The minimum Gasteiger partial charge on any atom is -0.368 e. The number of halogens is 1. The Morgan fingerprint density at radius 2 is 1.93 bits per heavy atom. The molecule has 46 heavy (non-hydrogen) atoms. The highest BCUT2D eigenvalue weighted by Gasteiger charge is 2.43. The smallest absolute Gasteiger partial charge is 0.252 e. The fourth-order valence-electron chi connectivity index (χ4n) is 5.40. The van der Waals surface area contributed by atoms with Gasteiger partial charge in [-0.1, -0.05) is 13.0 Å². The van der Waals surface area contributed by atoms with Crippen LogP contribution in [0.5, 0.6) is 0 Å². The van der Waals surface area contributed by atoms with Crippen molar-refractivity contribution in [1.29, 1.82) is 0 Å². The van der Waals surface area contributed by atoms with Gasteiger partial charge in [-0.15, -0.1) is 0 Å². The van der Waals surface area contributed by atoms with Crippen LogP contribution in [0.3, 0.4) is 0 Å². The molecule has 1 atom stereocenters. The molecule has 0 aliphatic carbocycles. The van der Waals surface area contributed by atoms with Crippen molar-refractivity contribution >= 4 is 29.4 Å². The van der Waals surface area contributed by atoms with Gasteiger partial charge in [0.05, 0.1) is 18.4 Å². The normalized spacial score (nSPS) is 14.9. The molecular weight excluding hydrogens is 593 g/mol. The standard InChI is InChI=1S/C31H40FN11O3/c1-5-28(44)33-12-6-7-24(22-8-9-27(34-17-22)43-19-23(32)18-35-43)37-29(45)31(46-4)10-13-42(14-11-31)30-36-20(2)15-25(39-30)38-26-16-21(3)40-41-26/h8-9,15-19,24H,5-7,10-14H2,1-4H3,(H,33,44)(H,37,45)(H2,36,38,39,40,41)/t24-/m0/s1. The van der Waals surface area contributed by atoms with E-state index in [2.05, 4.69) is 41.2 Å². The monoisotopic (exact) mass is 633 g/mol. The van der Waals surface area contributed by atoms with E-state index in [9.17, 15) is 14.0 Å². The van der Waals surface area contributed by atoms with Gasteiger partial charge in [0.15, 0.2) is 17.5 Å². The van der Waals surface area contributed by atoms with Gasteiger partial charge in [-0.3, -0.25) is 14.7 Å². The molecule has 244 valence electrons. The van der Waals surface area contributed by atoms with Crippen molar-refractivity contribution < 1.29 is 18.7 Å². The average molecular weight is 634 g/mol. The van der Waals surface area contributed by atoms with Crippen molar-refractivity contribution in [1.82, 2.24) is 45.6 Å². The fourth-order valence-corrected chi connectivity index (χ4v) is 5.40. The van der Waals surface area contributed by atoms with Crippen molar-refractivity contribution in [3.63, 3.8) is 0 Å². The van der Waals surface area contributed by atoms with E-state index in [0.29, 0.717) is 75.1 Å². The van der Waals surface area contributed by atoms with Gasteiger partial charge in [-0.05, 0) is 38.3 Å². The SMILES string of the molecule is CCC(=O)NCCC[C@H](NC(=O)C1(OC)CCN(c2nc(C)cc(Nc3cc(C)[nH]n3)n2)CC1)c1ccc(-n2cc(F)cn2)nc1. The second-order valence-electron chi connectivity index (χ2n) is 11.4. The topological polar surface area (TPSA) is 168 Å². The lowest BCUT2D eigenvalue weighted by Crippen LogP contribution is -2.55. The molecule has 4 aromatic rings. The summed E-state index contributed by atoms with van der Waals surface area (Å²) in [5.74, 6) is 1.59. The summed E-state index contributed by atoms with van der Waals surface area (Å²) in [5.41, 5.74) is 1.46. The number of hydrogen-bond donors (Lipinski definition) is 4. The second kappa shape index (κ2) is 14.5. The summed E-state index contributed by atoms with van der Waals surface area (Å²) in [4.78, 5) is 41.5. The Labute approximate surface area is 266 Å². The molecule has 0 unspecified atom stereocenters. The van der Waals surface area contributed by atoms with Crippen LogP contribution < -0.4 is 20.9 Å². The number of aromatic nitrogens is 7. The number of nitrogens with zero attached hydrogens (tertiary/aromatic N) is 7. The predicted octanol–water partition coefficient (Wildman–Crippen LogP) is 3.43. The van der Waals surface area contributed by atoms with E-state index in [4.69, 9.17) is 9.72 Å². The third-order valence-electron chi connectivity index (χ3n) is 8.04. The van der Waals surface area contributed by atoms with E-state index >= 15 is 0 Å². The van der Waals surface area contributed by atoms with Gasteiger partial charge in [0, 0.05) is 75.7 Å². The summed E-state index contributed by atoms with van der Waals surface area (Å²) in [6, 6.07) is 6.91. The summed E-state index contributed by atoms with van der Waals surface area (Å²) in [7, 11) is 1.56. The lowest BCUT2D eigenvalue weighted by molar-refractivity contribution is -0.147. The molecule has 4 aromatic heterocycles. The Bertz CT molecular complexity index is 1630. The molecule has 1 aliphatic heterocycles. The van der Waals surface area contributed by atoms with Gasteiger partial charge >= 0.3 is 0 Å². The van der Waals surface area contributed by atoms with E-state index < -0.39 is 17.5 Å². The molecule has 2 amide bonds. The van der Waals surface area contributed by atoms with Crippen molar-refractivity contribution in [2.75, 3.05) is 37.0 Å². The maximum Gasteiger partial charge on any atom is 0.252 e. The Kier molecular flexibility index (Phi) is 10.2. The largest absolute Gasteiger partial charge is 0.368 e. The highest BCUT2D eigenvalue weighted by atomic mass is 19.1. The van der Waals surface area contributed by atoms with E-state index in [1.165, 1.54) is 10.9 Å². The van der Waals surface area contributed by atoms with E-state index in [-0.39, 0.29) is 11.8 Å². The van der Waals surface area contributed by atoms with Crippen LogP contribution in [-0.2, 0) is 14.3 Å². The number of nitrogens with one attached hydrogen (secondary N) is 4. The Morgan fingerprint density at radius 3 is 2.57 bits per heavy atom. The maximum atomic E-state index is 13.9. The van der Waals surface area contributed by atoms with Crippen LogP contribution in [0.2, 0.25) is 0 Å². The Hall–Kier alpha value is -4.92. The van der Waals surface area contributed by atoms with Crippen molar-refractivity contribution in [3.8, 4) is 5.82 Å². The van der Waals surface area contributed by atoms with Gasteiger partial charge in [-0.2, -0.15) is 15.2 Å².